The molecule has 1 aromatic heterocycles. The maximum atomic E-state index is 11.2. The lowest BCUT2D eigenvalue weighted by atomic mass is 10.0. The molecule has 1 unspecified atom stereocenters. The topological polar surface area (TPSA) is 101 Å². The molecule has 0 aliphatic rings. The minimum Gasteiger partial charge on any atom is -0.491 e. The van der Waals surface area contributed by atoms with Crippen LogP contribution in [-0.2, 0) is 4.79 Å². The summed E-state index contributed by atoms with van der Waals surface area (Å²) < 4.78 is 5.74. The summed E-state index contributed by atoms with van der Waals surface area (Å²) in [4.78, 5) is 15.3. The van der Waals surface area contributed by atoms with Crippen molar-refractivity contribution in [2.75, 3.05) is 11.9 Å². The number of benzene rings is 1. The molecule has 0 bridgehead atoms. The van der Waals surface area contributed by atoms with Crippen LogP contribution in [0.5, 0.6) is 5.75 Å². The van der Waals surface area contributed by atoms with Crippen LogP contribution < -0.4 is 15.8 Å². The van der Waals surface area contributed by atoms with Crippen LogP contribution in [0.4, 0.5) is 5.82 Å². The van der Waals surface area contributed by atoms with Gasteiger partial charge in [-0.2, -0.15) is 5.26 Å². The molecule has 26 heavy (non-hydrogen) atoms. The maximum Gasteiger partial charge on any atom is 0.222 e. The molecule has 0 saturated heterocycles. The number of hydrogen-bond acceptors (Lipinski definition) is 5. The molecule has 3 N–H and O–H groups in total. The molecule has 0 saturated carbocycles. The number of hydrogen-bond donors (Lipinski definition) is 2. The van der Waals surface area contributed by atoms with Gasteiger partial charge in [0.25, 0.3) is 0 Å². The fourth-order valence-electron chi connectivity index (χ4n) is 2.65. The molecule has 0 aliphatic heterocycles. The molecule has 0 fully saturated rings. The number of anilines is 1. The Morgan fingerprint density at radius 1 is 1.31 bits per heavy atom. The maximum absolute atomic E-state index is 11.2. The van der Waals surface area contributed by atoms with Crippen molar-refractivity contribution in [3.8, 4) is 22.9 Å². The summed E-state index contributed by atoms with van der Waals surface area (Å²) in [5, 5.41) is 12.1. The van der Waals surface area contributed by atoms with Gasteiger partial charge in [0, 0.05) is 19.2 Å². The molecule has 2 aromatic rings. The van der Waals surface area contributed by atoms with Crippen LogP contribution in [-0.4, -0.2) is 23.5 Å². The molecule has 136 valence electrons. The fraction of sp³-hybridized carbons (Fsp3) is 0.350. The van der Waals surface area contributed by atoms with E-state index in [1.165, 1.54) is 6.92 Å². The zero-order valence-electron chi connectivity index (χ0n) is 15.3. The van der Waals surface area contributed by atoms with Crippen LogP contribution in [0.1, 0.15) is 32.8 Å². The number of amides is 1. The summed E-state index contributed by atoms with van der Waals surface area (Å²) in [5.41, 5.74) is 8.18. The highest BCUT2D eigenvalue weighted by Crippen LogP contribution is 2.27. The average Bonchev–Trinajstić information content (AvgIpc) is 2.59. The van der Waals surface area contributed by atoms with Gasteiger partial charge in [0.1, 0.15) is 24.2 Å². The van der Waals surface area contributed by atoms with Crippen LogP contribution in [0.25, 0.3) is 11.1 Å². The van der Waals surface area contributed by atoms with Gasteiger partial charge in [0.15, 0.2) is 0 Å². The Bertz CT molecular complexity index is 812. The first-order chi connectivity index (χ1) is 12.4. The number of nitriles is 1. The SMILES string of the molecule is CC(=O)Nc1cc(-c2ccc(OCC(N)CC(C)C)c(C#N)c2)ccn1. The number of nitrogens with zero attached hydrogens (tertiary/aromatic N) is 2. The third-order valence-corrected chi connectivity index (χ3v) is 3.72. The van der Waals surface area contributed by atoms with Gasteiger partial charge in [0.05, 0.1) is 5.56 Å². The molecule has 6 heteroatoms. The Hall–Kier alpha value is -2.91. The molecular formula is C20H24N4O2. The molecular weight excluding hydrogens is 328 g/mol. The van der Waals surface area contributed by atoms with Crippen LogP contribution in [0, 0.1) is 17.2 Å². The van der Waals surface area contributed by atoms with Gasteiger partial charge >= 0.3 is 0 Å². The number of nitrogens with one attached hydrogen (secondary N) is 1. The van der Waals surface area contributed by atoms with E-state index in [1.807, 2.05) is 12.1 Å². The second-order valence-electron chi connectivity index (χ2n) is 6.63. The van der Waals surface area contributed by atoms with Gasteiger partial charge in [-0.05, 0) is 47.7 Å². The van der Waals surface area contributed by atoms with Crippen LogP contribution in [0.2, 0.25) is 0 Å². The van der Waals surface area contributed by atoms with Crippen LogP contribution in [0.3, 0.4) is 0 Å². The first kappa shape index (κ1) is 19.4. The minimum atomic E-state index is -0.186. The first-order valence-electron chi connectivity index (χ1n) is 8.55. The minimum absolute atomic E-state index is 0.0679. The van der Waals surface area contributed by atoms with Gasteiger partial charge in [0.2, 0.25) is 5.91 Å². The van der Waals surface area contributed by atoms with E-state index in [-0.39, 0.29) is 11.9 Å². The predicted molar refractivity (Wildman–Crippen MR) is 102 cm³/mol. The van der Waals surface area contributed by atoms with E-state index in [4.69, 9.17) is 10.5 Å². The molecule has 0 aliphatic carbocycles. The van der Waals surface area contributed by atoms with E-state index in [1.54, 1.807) is 24.4 Å². The van der Waals surface area contributed by atoms with Crippen LogP contribution >= 0.6 is 0 Å². The van der Waals surface area contributed by atoms with Crippen molar-refractivity contribution in [1.29, 1.82) is 5.26 Å². The van der Waals surface area contributed by atoms with E-state index >= 15 is 0 Å². The Morgan fingerprint density at radius 2 is 2.04 bits per heavy atom. The second-order valence-corrected chi connectivity index (χ2v) is 6.63. The molecule has 1 heterocycles. The Kier molecular flexibility index (Phi) is 6.70. The molecule has 1 amide bonds. The van der Waals surface area contributed by atoms with Gasteiger partial charge < -0.3 is 15.8 Å². The molecule has 1 atom stereocenters. The smallest absolute Gasteiger partial charge is 0.222 e. The standard InChI is InChI=1S/C20H24N4O2/c1-13(2)8-18(22)12-26-19-5-4-15(9-17(19)11-21)16-6-7-23-20(10-16)24-14(3)25/h4-7,9-10,13,18H,8,12,22H2,1-3H3,(H,23,24,25). The quantitative estimate of drug-likeness (QED) is 0.796. The number of carbonyl (C=O) groups excluding carboxylic acids is 1. The van der Waals surface area contributed by atoms with E-state index < -0.39 is 0 Å². The second kappa shape index (κ2) is 8.97. The highest BCUT2D eigenvalue weighted by Gasteiger charge is 2.11. The van der Waals surface area contributed by atoms with E-state index in [0.29, 0.717) is 29.7 Å². The number of ether oxygens (including phenoxy) is 1. The molecule has 1 aromatic carbocycles. The van der Waals surface area contributed by atoms with E-state index in [0.717, 1.165) is 17.5 Å². The zero-order chi connectivity index (χ0) is 19.1. The molecule has 0 radical (unpaired) electrons. The Morgan fingerprint density at radius 3 is 2.69 bits per heavy atom. The average molecular weight is 352 g/mol. The van der Waals surface area contributed by atoms with Crippen molar-refractivity contribution in [2.45, 2.75) is 33.2 Å². The largest absolute Gasteiger partial charge is 0.491 e. The van der Waals surface area contributed by atoms with Crippen molar-refractivity contribution in [3.05, 3.63) is 42.1 Å². The molecule has 2 rings (SSSR count). The molecule has 6 nitrogen and oxygen atoms in total. The normalized spacial score (nSPS) is 11.7. The fourth-order valence-corrected chi connectivity index (χ4v) is 2.65. The summed E-state index contributed by atoms with van der Waals surface area (Å²) in [6, 6.07) is 11.1. The highest BCUT2D eigenvalue weighted by atomic mass is 16.5. The summed E-state index contributed by atoms with van der Waals surface area (Å²) in [7, 11) is 0. The lowest BCUT2D eigenvalue weighted by Crippen LogP contribution is -2.29. The monoisotopic (exact) mass is 352 g/mol. The number of carbonyl (C=O) groups is 1. The van der Waals surface area contributed by atoms with Gasteiger partial charge in [-0.25, -0.2) is 4.98 Å². The molecule has 0 spiro atoms. The highest BCUT2D eigenvalue weighted by molar-refractivity contribution is 5.88. The van der Waals surface area contributed by atoms with Crippen LogP contribution in [0.15, 0.2) is 36.5 Å². The number of aromatic nitrogens is 1. The van der Waals surface area contributed by atoms with Crippen molar-refractivity contribution in [1.82, 2.24) is 4.98 Å². The zero-order valence-corrected chi connectivity index (χ0v) is 15.3. The van der Waals surface area contributed by atoms with Gasteiger partial charge in [-0.3, -0.25) is 4.79 Å². The van der Waals surface area contributed by atoms with Gasteiger partial charge in [-0.1, -0.05) is 19.9 Å². The van der Waals surface area contributed by atoms with Crippen molar-refractivity contribution in [3.63, 3.8) is 0 Å². The van der Waals surface area contributed by atoms with Gasteiger partial charge in [-0.15, -0.1) is 0 Å². The summed E-state index contributed by atoms with van der Waals surface area (Å²) in [6.45, 7) is 6.02. The third-order valence-electron chi connectivity index (χ3n) is 3.72. The summed E-state index contributed by atoms with van der Waals surface area (Å²) in [5.74, 6) is 1.30. The third kappa shape index (κ3) is 5.57. The lowest BCUT2D eigenvalue weighted by molar-refractivity contribution is -0.114. The Balaban J connectivity index is 2.18. The van der Waals surface area contributed by atoms with E-state index in [2.05, 4.69) is 30.2 Å². The Labute approximate surface area is 154 Å². The summed E-state index contributed by atoms with van der Waals surface area (Å²) >= 11 is 0. The van der Waals surface area contributed by atoms with E-state index in [9.17, 15) is 10.1 Å². The number of nitrogens with two attached hydrogens (primary N) is 1. The van der Waals surface area contributed by atoms with Crippen molar-refractivity contribution in [2.24, 2.45) is 11.7 Å². The lowest BCUT2D eigenvalue weighted by Gasteiger charge is -2.16. The predicted octanol–water partition coefficient (Wildman–Crippen LogP) is 3.33. The van der Waals surface area contributed by atoms with Crippen molar-refractivity contribution >= 4 is 11.7 Å². The summed E-state index contributed by atoms with van der Waals surface area (Å²) in [6.07, 6.45) is 2.48. The van der Waals surface area contributed by atoms with Crippen molar-refractivity contribution < 1.29 is 9.53 Å². The first-order valence-corrected chi connectivity index (χ1v) is 8.55. The number of rotatable bonds is 7. The number of pyridine rings is 1.